The molecule has 4 rings (SSSR count). The molecule has 0 spiro atoms. The number of benzene rings is 2. The lowest BCUT2D eigenvalue weighted by molar-refractivity contribution is 0.583. The van der Waals surface area contributed by atoms with Gasteiger partial charge in [-0.25, -0.2) is 15.0 Å². The van der Waals surface area contributed by atoms with E-state index in [-0.39, 0.29) is 0 Å². The van der Waals surface area contributed by atoms with Crippen molar-refractivity contribution in [2.24, 2.45) is 0 Å². The minimum atomic E-state index is -0.632. The summed E-state index contributed by atoms with van der Waals surface area (Å²) in [7, 11) is 0. The number of fused-ring (bicyclic) bond motifs is 2. The molecule has 0 aliphatic heterocycles. The first kappa shape index (κ1) is 19.6. The summed E-state index contributed by atoms with van der Waals surface area (Å²) in [5.74, 6) is -0.632. The van der Waals surface area contributed by atoms with E-state index in [1.54, 1.807) is 12.1 Å². The number of halogens is 6. The van der Waals surface area contributed by atoms with Crippen molar-refractivity contribution in [1.29, 1.82) is 0 Å². The zero-order valence-corrected chi connectivity index (χ0v) is 18.0. The second-order valence-corrected chi connectivity index (χ2v) is 7.70. The van der Waals surface area contributed by atoms with Crippen LogP contribution in [0.4, 0.5) is 4.39 Å². The third-order valence-electron chi connectivity index (χ3n) is 3.15. The molecule has 10 heteroatoms. The Morgan fingerprint density at radius 3 is 1.81 bits per heavy atom. The van der Waals surface area contributed by atoms with Crippen LogP contribution in [0.3, 0.4) is 0 Å². The summed E-state index contributed by atoms with van der Waals surface area (Å²) in [6.45, 7) is 0. The van der Waals surface area contributed by atoms with Crippen molar-refractivity contribution in [2.75, 3.05) is 0 Å². The average molecular weight is 539 g/mol. The molecule has 4 aromatic rings. The van der Waals surface area contributed by atoms with Crippen molar-refractivity contribution in [3.8, 4) is 0 Å². The van der Waals surface area contributed by atoms with Crippen molar-refractivity contribution in [3.63, 3.8) is 0 Å². The van der Waals surface area contributed by atoms with Crippen LogP contribution in [0.1, 0.15) is 0 Å². The van der Waals surface area contributed by atoms with Gasteiger partial charge in [0.25, 0.3) is 0 Å². The van der Waals surface area contributed by atoms with E-state index in [4.69, 9.17) is 34.8 Å². The van der Waals surface area contributed by atoms with Gasteiger partial charge in [0.2, 0.25) is 5.95 Å². The van der Waals surface area contributed by atoms with Gasteiger partial charge in [-0.2, -0.15) is 4.39 Å². The van der Waals surface area contributed by atoms with E-state index in [2.05, 4.69) is 51.8 Å². The van der Waals surface area contributed by atoms with Crippen molar-refractivity contribution in [3.05, 3.63) is 66.8 Å². The summed E-state index contributed by atoms with van der Waals surface area (Å²) in [5, 5.41) is 1.25. The molecule has 0 saturated heterocycles. The number of rotatable bonds is 0. The van der Waals surface area contributed by atoms with E-state index in [0.717, 1.165) is 16.2 Å². The van der Waals surface area contributed by atoms with Crippen LogP contribution in [0, 0.1) is 5.95 Å². The summed E-state index contributed by atoms with van der Waals surface area (Å²) in [4.78, 5) is 15.6. The van der Waals surface area contributed by atoms with Gasteiger partial charge in [0.05, 0.1) is 33.5 Å². The van der Waals surface area contributed by atoms with Crippen LogP contribution in [0.25, 0.3) is 22.1 Å². The highest BCUT2D eigenvalue weighted by Gasteiger charge is 2.07. The molecule has 4 nitrogen and oxygen atoms in total. The van der Waals surface area contributed by atoms with Gasteiger partial charge in [0.15, 0.2) is 0 Å². The first-order chi connectivity index (χ1) is 12.4. The largest absolute Gasteiger partial charge is 0.251 e. The van der Waals surface area contributed by atoms with Crippen LogP contribution in [-0.2, 0) is 0 Å². The topological polar surface area (TPSA) is 51.6 Å². The smallest absolute Gasteiger partial charge is 0.231 e. The van der Waals surface area contributed by atoms with Gasteiger partial charge in [0.1, 0.15) is 16.2 Å². The Hall–Kier alpha value is -1.12. The fourth-order valence-electron chi connectivity index (χ4n) is 2.00. The molecule has 0 unspecified atom stereocenters. The lowest BCUT2D eigenvalue weighted by Crippen LogP contribution is -1.88. The van der Waals surface area contributed by atoms with Crippen LogP contribution < -0.4 is 0 Å². The molecule has 0 bridgehead atoms. The standard InChI is InChI=1S/C8H3BrCl2N2.C8H3BrClFN2/c9-4-1-2-5-8(7(4)11)13-6(10)3-12-5;9-4-1-2-5-8(7(4)10)13-6(11)3-12-5/h2*1-3H. The van der Waals surface area contributed by atoms with Crippen LogP contribution in [-0.4, -0.2) is 19.9 Å². The van der Waals surface area contributed by atoms with Crippen molar-refractivity contribution >= 4 is 88.7 Å². The molecule has 0 saturated carbocycles. The molecule has 0 N–H and O–H groups in total. The second kappa shape index (κ2) is 8.27. The van der Waals surface area contributed by atoms with E-state index in [9.17, 15) is 4.39 Å². The Bertz CT molecular complexity index is 1030. The first-order valence-corrected chi connectivity index (χ1v) is 9.61. The van der Waals surface area contributed by atoms with Gasteiger partial charge >= 0.3 is 0 Å². The first-order valence-electron chi connectivity index (χ1n) is 6.89. The lowest BCUT2D eigenvalue weighted by Gasteiger charge is -2.00. The fourth-order valence-corrected chi connectivity index (χ4v) is 3.17. The van der Waals surface area contributed by atoms with E-state index in [0.29, 0.717) is 36.2 Å². The molecule has 26 heavy (non-hydrogen) atoms. The molecule has 2 aromatic carbocycles. The molecule has 0 amide bonds. The predicted molar refractivity (Wildman–Crippen MR) is 109 cm³/mol. The van der Waals surface area contributed by atoms with Crippen molar-refractivity contribution < 1.29 is 4.39 Å². The molecule has 0 aliphatic rings. The summed E-state index contributed by atoms with van der Waals surface area (Å²) >= 11 is 24.1. The highest BCUT2D eigenvalue weighted by molar-refractivity contribution is 9.10. The van der Waals surface area contributed by atoms with Crippen LogP contribution >= 0.6 is 66.7 Å². The summed E-state index contributed by atoms with van der Waals surface area (Å²) in [6.07, 6.45) is 2.56. The molecular formula is C16H6Br2Cl3FN4. The summed E-state index contributed by atoms with van der Waals surface area (Å²) in [6, 6.07) is 7.12. The minimum absolute atomic E-state index is 0.340. The highest BCUT2D eigenvalue weighted by atomic mass is 79.9. The van der Waals surface area contributed by atoms with Gasteiger partial charge in [0, 0.05) is 8.95 Å². The Kier molecular flexibility index (Phi) is 6.25. The zero-order valence-electron chi connectivity index (χ0n) is 12.5. The van der Waals surface area contributed by atoms with Gasteiger partial charge in [-0.1, -0.05) is 34.8 Å². The Morgan fingerprint density at radius 1 is 0.731 bits per heavy atom. The monoisotopic (exact) mass is 536 g/mol. The normalized spacial score (nSPS) is 10.7. The van der Waals surface area contributed by atoms with Gasteiger partial charge in [-0.05, 0) is 56.1 Å². The Labute approximate surface area is 179 Å². The average Bonchev–Trinajstić information content (AvgIpc) is 2.63. The number of nitrogens with zero attached hydrogens (tertiary/aromatic N) is 4. The SMILES string of the molecule is Clc1cnc2ccc(Br)c(Cl)c2n1.Fc1cnc2ccc(Br)c(Cl)c2n1. The third-order valence-corrected chi connectivity index (χ3v) is 5.88. The van der Waals surface area contributed by atoms with Crippen LogP contribution in [0.15, 0.2) is 45.6 Å². The molecule has 2 heterocycles. The van der Waals surface area contributed by atoms with E-state index >= 15 is 0 Å². The maximum absolute atomic E-state index is 12.7. The maximum atomic E-state index is 12.7. The van der Waals surface area contributed by atoms with E-state index < -0.39 is 5.95 Å². The molecular weight excluding hydrogens is 533 g/mol. The van der Waals surface area contributed by atoms with Gasteiger partial charge < -0.3 is 0 Å². The Balaban J connectivity index is 0.000000151. The van der Waals surface area contributed by atoms with Crippen molar-refractivity contribution in [2.45, 2.75) is 0 Å². The molecule has 0 atom stereocenters. The van der Waals surface area contributed by atoms with Crippen molar-refractivity contribution in [1.82, 2.24) is 19.9 Å². The molecule has 0 fully saturated rings. The number of hydrogen-bond donors (Lipinski definition) is 0. The quantitative estimate of drug-likeness (QED) is 0.244. The maximum Gasteiger partial charge on any atom is 0.231 e. The second-order valence-electron chi connectivity index (χ2n) is 4.84. The van der Waals surface area contributed by atoms with E-state index in [1.807, 2.05) is 12.1 Å². The summed E-state index contributed by atoms with van der Waals surface area (Å²) < 4.78 is 14.2. The van der Waals surface area contributed by atoms with E-state index in [1.165, 1.54) is 6.20 Å². The molecule has 2 aromatic heterocycles. The zero-order chi connectivity index (χ0) is 18.8. The molecule has 0 aliphatic carbocycles. The molecule has 132 valence electrons. The number of aromatic nitrogens is 4. The van der Waals surface area contributed by atoms with Crippen LogP contribution in [0.5, 0.6) is 0 Å². The Morgan fingerprint density at radius 2 is 1.23 bits per heavy atom. The lowest BCUT2D eigenvalue weighted by atomic mass is 10.3. The summed E-state index contributed by atoms with van der Waals surface area (Å²) in [5.41, 5.74) is 2.30. The molecule has 0 radical (unpaired) electrons. The van der Waals surface area contributed by atoms with Crippen LogP contribution in [0.2, 0.25) is 15.2 Å². The highest BCUT2D eigenvalue weighted by Crippen LogP contribution is 2.29. The fraction of sp³-hybridized carbons (Fsp3) is 0. The predicted octanol–water partition coefficient (Wildman–Crippen LogP) is 6.88. The number of hydrogen-bond acceptors (Lipinski definition) is 4. The minimum Gasteiger partial charge on any atom is -0.251 e. The van der Waals surface area contributed by atoms with Gasteiger partial charge in [-0.3, -0.25) is 4.98 Å². The third kappa shape index (κ3) is 4.23. The van der Waals surface area contributed by atoms with Gasteiger partial charge in [-0.15, -0.1) is 0 Å².